The summed E-state index contributed by atoms with van der Waals surface area (Å²) >= 11 is 10.2. The molecular formula is C17H16ClIN4O6S. The fourth-order valence-corrected chi connectivity index (χ4v) is 5.09. The molecule has 0 spiro atoms. The number of aryl methyl sites for hydroxylation is 1. The average molecular weight is 567 g/mol. The second kappa shape index (κ2) is 10.2. The Morgan fingerprint density at radius 3 is 2.33 bits per heavy atom. The van der Waals surface area contributed by atoms with Gasteiger partial charge in [-0.05, 0) is 81.2 Å². The number of benzene rings is 1. The molecule has 1 aliphatic rings. The van der Waals surface area contributed by atoms with Crippen molar-refractivity contribution >= 4 is 51.2 Å². The van der Waals surface area contributed by atoms with Crippen molar-refractivity contribution in [1.82, 2.24) is 14.8 Å². The maximum Gasteiger partial charge on any atom is 0.162 e. The minimum absolute atomic E-state index is 0.0615. The highest BCUT2D eigenvalue weighted by atomic mass is 127. The predicted octanol–water partition coefficient (Wildman–Crippen LogP) is 4.86. The zero-order chi connectivity index (χ0) is 21.8. The minimum Gasteiger partial charge on any atom is -0.273 e. The second-order valence-electron chi connectivity index (χ2n) is 6.07. The maximum atomic E-state index is 7.16. The molecule has 0 amide bonds. The Morgan fingerprint density at radius 2 is 1.73 bits per heavy atom. The van der Waals surface area contributed by atoms with Gasteiger partial charge in [0.1, 0.15) is 16.9 Å². The van der Waals surface area contributed by atoms with Crippen molar-refractivity contribution in [1.29, 1.82) is 0 Å². The van der Waals surface area contributed by atoms with Crippen LogP contribution in [0.3, 0.4) is 0 Å². The topological polar surface area (TPSA) is 120 Å². The van der Waals surface area contributed by atoms with Crippen molar-refractivity contribution in [2.75, 3.05) is 0 Å². The molecule has 13 heteroatoms. The van der Waals surface area contributed by atoms with Gasteiger partial charge >= 0.3 is 0 Å². The lowest BCUT2D eigenvalue weighted by molar-refractivity contribution is -0.749. The van der Waals surface area contributed by atoms with Crippen LogP contribution in [0, 0.1) is 16.7 Å². The number of hydrogen-bond acceptors (Lipinski definition) is 10. The summed E-state index contributed by atoms with van der Waals surface area (Å²) in [5.74, 6) is 1.78. The number of fused-ring (bicyclic) bond motifs is 3. The van der Waals surface area contributed by atoms with Crippen LogP contribution < -0.4 is 0 Å². The highest BCUT2D eigenvalue weighted by Gasteiger charge is 2.29. The zero-order valence-corrected chi connectivity index (χ0v) is 19.6. The molecule has 160 valence electrons. The van der Waals surface area contributed by atoms with Gasteiger partial charge in [-0.1, -0.05) is 23.7 Å². The van der Waals surface area contributed by atoms with Crippen LogP contribution in [0.2, 0.25) is 5.02 Å². The Hall–Kier alpha value is -1.49. The normalized spacial score (nSPS) is 14.9. The minimum atomic E-state index is -0.0615. The number of thiophene rings is 1. The lowest BCUT2D eigenvalue weighted by Gasteiger charge is -2.09. The molecule has 0 unspecified atom stereocenters. The van der Waals surface area contributed by atoms with Gasteiger partial charge in [0.05, 0.1) is 8.60 Å². The molecule has 0 bridgehead atoms. The Kier molecular flexibility index (Phi) is 7.89. The number of aromatic nitrogens is 3. The third kappa shape index (κ3) is 4.71. The van der Waals surface area contributed by atoms with Crippen LogP contribution in [0.1, 0.15) is 41.3 Å². The summed E-state index contributed by atoms with van der Waals surface area (Å²) in [6, 6.07) is 7.81. The molecule has 0 radical (unpaired) electrons. The smallest absolute Gasteiger partial charge is 0.162 e. The van der Waals surface area contributed by atoms with E-state index in [0.717, 1.165) is 32.9 Å². The van der Waals surface area contributed by atoms with Crippen molar-refractivity contribution in [3.63, 3.8) is 0 Å². The Labute approximate surface area is 193 Å². The number of halogens is 2. The highest BCUT2D eigenvalue weighted by molar-refractivity contribution is 14.1. The van der Waals surface area contributed by atoms with Crippen LogP contribution in [-0.2, 0) is 20.2 Å². The Balaban J connectivity index is 0.000000377. The number of rotatable bonds is 4. The highest BCUT2D eigenvalue weighted by Crippen LogP contribution is 2.39. The van der Waals surface area contributed by atoms with Crippen molar-refractivity contribution in [3.05, 3.63) is 60.5 Å². The summed E-state index contributed by atoms with van der Waals surface area (Å²) in [7, 11) is 0. The fraction of sp³-hybridized carbons (Fsp3) is 0.235. The summed E-state index contributed by atoms with van der Waals surface area (Å²) < 4.78 is 3.40. The molecule has 1 aliphatic heterocycles. The van der Waals surface area contributed by atoms with Crippen molar-refractivity contribution in [3.8, 4) is 5.00 Å². The molecule has 10 nitrogen and oxygen atoms in total. The summed E-state index contributed by atoms with van der Waals surface area (Å²) in [5, 5.41) is 36.5. The summed E-state index contributed by atoms with van der Waals surface area (Å²) in [5.41, 5.74) is 4.48. The summed E-state index contributed by atoms with van der Waals surface area (Å²) in [6.45, 7) is 6.20. The van der Waals surface area contributed by atoms with Gasteiger partial charge in [0.2, 0.25) is 0 Å². The van der Waals surface area contributed by atoms with Crippen LogP contribution in [-0.4, -0.2) is 31.0 Å². The van der Waals surface area contributed by atoms with Gasteiger partial charge in [0, 0.05) is 16.1 Å². The molecule has 1 aromatic carbocycles. The van der Waals surface area contributed by atoms with Crippen molar-refractivity contribution in [2.45, 2.75) is 26.8 Å². The molecule has 30 heavy (non-hydrogen) atoms. The summed E-state index contributed by atoms with van der Waals surface area (Å²) in [6.07, 6.45) is 0. The number of aliphatic imine (C=N–C) groups is 1. The molecule has 0 aliphatic carbocycles. The molecule has 3 heterocycles. The van der Waals surface area contributed by atoms with Crippen LogP contribution in [0.5, 0.6) is 0 Å². The van der Waals surface area contributed by atoms with E-state index in [-0.39, 0.29) is 6.04 Å². The van der Waals surface area contributed by atoms with Gasteiger partial charge in [0.25, 0.3) is 0 Å². The third-order valence-electron chi connectivity index (χ3n) is 4.26. The van der Waals surface area contributed by atoms with Crippen molar-refractivity contribution < 1.29 is 30.7 Å². The van der Waals surface area contributed by atoms with E-state index >= 15 is 0 Å². The first kappa shape index (κ1) is 23.2. The molecule has 2 aromatic heterocycles. The van der Waals surface area contributed by atoms with Gasteiger partial charge in [0.15, 0.2) is 5.82 Å². The van der Waals surface area contributed by atoms with E-state index in [0.29, 0.717) is 0 Å². The van der Waals surface area contributed by atoms with E-state index in [9.17, 15) is 0 Å². The Morgan fingerprint density at radius 1 is 1.10 bits per heavy atom. The number of hydrogen-bond donors (Lipinski definition) is 2. The van der Waals surface area contributed by atoms with E-state index in [4.69, 9.17) is 27.1 Å². The van der Waals surface area contributed by atoms with Gasteiger partial charge < -0.3 is 0 Å². The molecule has 0 saturated heterocycles. The van der Waals surface area contributed by atoms with Crippen LogP contribution in [0.15, 0.2) is 29.3 Å². The van der Waals surface area contributed by atoms with E-state index < -0.39 is 0 Å². The van der Waals surface area contributed by atoms with Crippen LogP contribution in [0.4, 0.5) is 0 Å². The molecular weight excluding hydrogens is 551 g/mol. The molecule has 0 fully saturated rings. The third-order valence-corrected chi connectivity index (χ3v) is 7.05. The largest absolute Gasteiger partial charge is 0.273 e. The lowest BCUT2D eigenvalue weighted by atomic mass is 10.0. The first-order valence-corrected chi connectivity index (χ1v) is 10.7. The molecule has 2 N–H and O–H groups in total. The second-order valence-corrected chi connectivity index (χ2v) is 9.31. The van der Waals surface area contributed by atoms with Gasteiger partial charge in [-0.3, -0.25) is 9.56 Å². The van der Waals surface area contributed by atoms with Crippen LogP contribution in [0.25, 0.3) is 5.00 Å². The SMILES string of the molecule is Cc1c(I)sc2c1C(c1ccc(Cl)cc1)=N[C@@H](C)c1nnc(C)n1-2.OOOOOO. The zero-order valence-electron chi connectivity index (χ0n) is 15.9. The van der Waals surface area contributed by atoms with Crippen molar-refractivity contribution in [2.24, 2.45) is 4.99 Å². The average Bonchev–Trinajstić information content (AvgIpc) is 3.21. The first-order chi connectivity index (χ1) is 14.4. The van der Waals surface area contributed by atoms with Gasteiger partial charge in [-0.15, -0.1) is 21.5 Å². The monoisotopic (exact) mass is 566 g/mol. The van der Waals surface area contributed by atoms with Crippen LogP contribution >= 0.6 is 45.5 Å². The summed E-state index contributed by atoms with van der Waals surface area (Å²) in [4.78, 5) is 5.00. The first-order valence-electron chi connectivity index (χ1n) is 8.39. The maximum absolute atomic E-state index is 7.16. The van der Waals surface area contributed by atoms with Gasteiger partial charge in [-0.2, -0.15) is 0 Å². The fourth-order valence-electron chi connectivity index (χ4n) is 2.98. The standard InChI is InChI=1S/C17H14ClIN4S.H2O6/c1-8-13-14(11-4-6-12(18)7-5-11)20-9(2)16-22-21-10(3)23(16)17(13)24-15(8)19;1-3-5-6-4-2/h4-7,9H,1-3H3;1-2H/t9-;/m0./s1. The predicted molar refractivity (Wildman–Crippen MR) is 117 cm³/mol. The molecule has 0 saturated carbocycles. The van der Waals surface area contributed by atoms with E-state index in [1.807, 2.05) is 31.2 Å². The van der Waals surface area contributed by atoms with E-state index in [2.05, 4.69) is 71.4 Å². The van der Waals surface area contributed by atoms with Gasteiger partial charge in [-0.25, -0.2) is 10.5 Å². The molecule has 1 atom stereocenters. The van der Waals surface area contributed by atoms with E-state index in [1.165, 1.54) is 14.0 Å². The lowest BCUT2D eigenvalue weighted by Crippen LogP contribution is -2.07. The number of nitrogens with zero attached hydrogens (tertiary/aromatic N) is 4. The molecule has 4 rings (SSSR count). The Bertz CT molecular complexity index is 1050. The molecule has 3 aromatic rings. The van der Waals surface area contributed by atoms with E-state index in [1.54, 1.807) is 11.3 Å². The quantitative estimate of drug-likeness (QED) is 0.199.